The number of fused-ring (bicyclic) bond motifs is 1. The molecule has 3 aromatic rings. The van der Waals surface area contributed by atoms with E-state index in [2.05, 4.69) is 27.4 Å². The van der Waals surface area contributed by atoms with E-state index < -0.39 is 5.82 Å². The van der Waals surface area contributed by atoms with Crippen molar-refractivity contribution in [2.24, 2.45) is 0 Å². The summed E-state index contributed by atoms with van der Waals surface area (Å²) < 4.78 is 14.1. The first-order valence-electron chi connectivity index (χ1n) is 7.79. The number of benzene rings is 2. The van der Waals surface area contributed by atoms with Gasteiger partial charge in [-0.3, -0.25) is 4.79 Å². The molecule has 0 aliphatic heterocycles. The molecular formula is C18H18FN3OS. The summed E-state index contributed by atoms with van der Waals surface area (Å²) >= 11 is 5.02. The maximum atomic E-state index is 13.7. The zero-order valence-corrected chi connectivity index (χ0v) is 14.0. The molecule has 2 aromatic carbocycles. The van der Waals surface area contributed by atoms with Crippen LogP contribution < -0.4 is 5.32 Å². The van der Waals surface area contributed by atoms with Crippen LogP contribution in [0.15, 0.2) is 42.5 Å². The molecule has 24 heavy (non-hydrogen) atoms. The van der Waals surface area contributed by atoms with Gasteiger partial charge in [-0.2, -0.15) is 0 Å². The number of hydrogen-bond donors (Lipinski definition) is 3. The third kappa shape index (κ3) is 3.71. The van der Waals surface area contributed by atoms with Crippen molar-refractivity contribution < 1.29 is 9.18 Å². The third-order valence-electron chi connectivity index (χ3n) is 3.92. The number of halogens is 1. The predicted molar refractivity (Wildman–Crippen MR) is 95.1 cm³/mol. The second-order valence-electron chi connectivity index (χ2n) is 5.85. The van der Waals surface area contributed by atoms with Crippen molar-refractivity contribution in [1.29, 1.82) is 0 Å². The van der Waals surface area contributed by atoms with Crippen LogP contribution in [0.25, 0.3) is 11.0 Å². The highest BCUT2D eigenvalue weighted by Crippen LogP contribution is 2.18. The molecule has 1 heterocycles. The van der Waals surface area contributed by atoms with Crippen LogP contribution in [0.3, 0.4) is 0 Å². The predicted octanol–water partition coefficient (Wildman–Crippen LogP) is 4.12. The molecule has 1 atom stereocenters. The molecule has 3 N–H and O–H groups in total. The molecular weight excluding hydrogens is 325 g/mol. The minimum atomic E-state index is -0.477. The second kappa shape index (κ2) is 6.97. The van der Waals surface area contributed by atoms with Crippen molar-refractivity contribution in [3.8, 4) is 0 Å². The maximum absolute atomic E-state index is 13.7. The first kappa shape index (κ1) is 16.4. The van der Waals surface area contributed by atoms with Crippen LogP contribution in [0.1, 0.15) is 29.3 Å². The first-order valence-corrected chi connectivity index (χ1v) is 8.20. The largest absolute Gasteiger partial charge is 0.350 e. The number of amides is 1. The Bertz CT molecular complexity index is 917. The fraction of sp³-hybridized carbons (Fsp3) is 0.222. The Morgan fingerprint density at radius 3 is 2.75 bits per heavy atom. The number of rotatable bonds is 5. The summed E-state index contributed by atoms with van der Waals surface area (Å²) in [5.41, 5.74) is 2.49. The molecule has 124 valence electrons. The van der Waals surface area contributed by atoms with Gasteiger partial charge in [0.1, 0.15) is 5.82 Å². The van der Waals surface area contributed by atoms with Crippen LogP contribution in [-0.2, 0) is 6.42 Å². The van der Waals surface area contributed by atoms with E-state index in [1.54, 1.807) is 0 Å². The number of imidazole rings is 1. The van der Waals surface area contributed by atoms with Crippen LogP contribution in [0.5, 0.6) is 0 Å². The van der Waals surface area contributed by atoms with E-state index in [9.17, 15) is 9.18 Å². The molecule has 4 nitrogen and oxygen atoms in total. The summed E-state index contributed by atoms with van der Waals surface area (Å²) in [5, 5.41) is 2.92. The monoisotopic (exact) mass is 343 g/mol. The zero-order chi connectivity index (χ0) is 17.1. The van der Waals surface area contributed by atoms with Crippen LogP contribution in [-0.4, -0.2) is 21.9 Å². The standard InChI is InChI=1S/C18H18FN3OS/c1-11(7-8-12-5-3-2-4-6-12)20-17(23)14-9-13(19)10-15-16(14)22-18(24)21-15/h2-6,9-11H,7-8H2,1H3,(H,20,23)(H2,21,22,24). The third-order valence-corrected chi connectivity index (χ3v) is 4.12. The van der Waals surface area contributed by atoms with Crippen LogP contribution in [0, 0.1) is 10.6 Å². The van der Waals surface area contributed by atoms with Crippen molar-refractivity contribution >= 4 is 29.2 Å². The van der Waals surface area contributed by atoms with Gasteiger partial charge < -0.3 is 15.3 Å². The Labute approximate surface area is 144 Å². The summed E-state index contributed by atoms with van der Waals surface area (Å²) in [4.78, 5) is 18.2. The van der Waals surface area contributed by atoms with Crippen molar-refractivity contribution in [3.63, 3.8) is 0 Å². The fourth-order valence-electron chi connectivity index (χ4n) is 2.69. The summed E-state index contributed by atoms with van der Waals surface area (Å²) in [5.74, 6) is -0.792. The fourth-order valence-corrected chi connectivity index (χ4v) is 2.90. The van der Waals surface area contributed by atoms with Crippen molar-refractivity contribution in [2.45, 2.75) is 25.8 Å². The van der Waals surface area contributed by atoms with E-state index in [0.717, 1.165) is 12.8 Å². The van der Waals surface area contributed by atoms with Crippen LogP contribution in [0.2, 0.25) is 0 Å². The molecule has 0 radical (unpaired) electrons. The lowest BCUT2D eigenvalue weighted by atomic mass is 10.1. The Kier molecular flexibility index (Phi) is 4.76. The number of carbonyl (C=O) groups excluding carboxylic acids is 1. The zero-order valence-electron chi connectivity index (χ0n) is 13.2. The lowest BCUT2D eigenvalue weighted by molar-refractivity contribution is 0.0939. The normalized spacial score (nSPS) is 12.2. The van der Waals surface area contributed by atoms with Gasteiger partial charge in [0, 0.05) is 6.04 Å². The highest BCUT2D eigenvalue weighted by atomic mass is 32.1. The van der Waals surface area contributed by atoms with E-state index in [0.29, 0.717) is 15.8 Å². The highest BCUT2D eigenvalue weighted by Gasteiger charge is 2.16. The van der Waals surface area contributed by atoms with E-state index in [4.69, 9.17) is 12.2 Å². The van der Waals surface area contributed by atoms with Crippen LogP contribution in [0.4, 0.5) is 4.39 Å². The number of H-pyrrole nitrogens is 2. The Morgan fingerprint density at radius 2 is 2.00 bits per heavy atom. The Morgan fingerprint density at radius 1 is 1.25 bits per heavy atom. The molecule has 6 heteroatoms. The SMILES string of the molecule is CC(CCc1ccccc1)NC(=O)c1cc(F)cc2[nH]c(=S)[nH]c12. The topological polar surface area (TPSA) is 60.7 Å². The summed E-state index contributed by atoms with van der Waals surface area (Å²) in [7, 11) is 0. The minimum absolute atomic E-state index is 0.0297. The first-order chi connectivity index (χ1) is 11.5. The molecule has 0 saturated heterocycles. The molecule has 0 aliphatic carbocycles. The van der Waals surface area contributed by atoms with E-state index in [1.807, 2.05) is 25.1 Å². The summed E-state index contributed by atoms with van der Waals surface area (Å²) in [6.45, 7) is 1.94. The smallest absolute Gasteiger partial charge is 0.253 e. The number of hydrogen-bond acceptors (Lipinski definition) is 2. The highest BCUT2D eigenvalue weighted by molar-refractivity contribution is 7.71. The molecule has 0 saturated carbocycles. The van der Waals surface area contributed by atoms with Gasteiger partial charge in [-0.25, -0.2) is 4.39 Å². The van der Waals surface area contributed by atoms with E-state index in [-0.39, 0.29) is 17.5 Å². The molecule has 0 aliphatic rings. The minimum Gasteiger partial charge on any atom is -0.350 e. The molecule has 0 fully saturated rings. The molecule has 3 rings (SSSR count). The van der Waals surface area contributed by atoms with Gasteiger partial charge in [-0.15, -0.1) is 0 Å². The van der Waals surface area contributed by atoms with Gasteiger partial charge >= 0.3 is 0 Å². The number of aryl methyl sites for hydroxylation is 1. The van der Waals surface area contributed by atoms with Gasteiger partial charge in [-0.1, -0.05) is 30.3 Å². The molecule has 1 aromatic heterocycles. The lowest BCUT2D eigenvalue weighted by Crippen LogP contribution is -2.33. The summed E-state index contributed by atoms with van der Waals surface area (Å²) in [6.07, 6.45) is 1.67. The Hall–Kier alpha value is -2.47. The van der Waals surface area contributed by atoms with E-state index >= 15 is 0 Å². The summed E-state index contributed by atoms with van der Waals surface area (Å²) in [6, 6.07) is 12.6. The Balaban J connectivity index is 1.71. The van der Waals surface area contributed by atoms with Gasteiger partial charge in [0.25, 0.3) is 5.91 Å². The molecule has 1 unspecified atom stereocenters. The average Bonchev–Trinajstić information content (AvgIpc) is 2.93. The number of nitrogens with one attached hydrogen (secondary N) is 3. The quantitative estimate of drug-likeness (QED) is 0.610. The van der Waals surface area contributed by atoms with Gasteiger partial charge in [0.15, 0.2) is 4.77 Å². The van der Waals surface area contributed by atoms with Gasteiger partial charge in [0.2, 0.25) is 0 Å². The molecule has 0 spiro atoms. The van der Waals surface area contributed by atoms with Crippen LogP contribution >= 0.6 is 12.2 Å². The van der Waals surface area contributed by atoms with Gasteiger partial charge in [0.05, 0.1) is 16.6 Å². The lowest BCUT2D eigenvalue weighted by Gasteiger charge is -2.14. The van der Waals surface area contributed by atoms with Crippen molar-refractivity contribution in [3.05, 3.63) is 64.2 Å². The van der Waals surface area contributed by atoms with Crippen molar-refractivity contribution in [2.75, 3.05) is 0 Å². The van der Waals surface area contributed by atoms with Gasteiger partial charge in [-0.05, 0) is 49.7 Å². The number of aromatic amines is 2. The van der Waals surface area contributed by atoms with E-state index in [1.165, 1.54) is 17.7 Å². The molecule has 0 bridgehead atoms. The van der Waals surface area contributed by atoms with Crippen molar-refractivity contribution in [1.82, 2.24) is 15.3 Å². The number of aromatic nitrogens is 2. The second-order valence-corrected chi connectivity index (χ2v) is 6.26. The average molecular weight is 343 g/mol. The molecule has 1 amide bonds. The maximum Gasteiger partial charge on any atom is 0.253 e. The number of carbonyl (C=O) groups is 1.